The molecule has 0 radical (unpaired) electrons. The fourth-order valence-corrected chi connectivity index (χ4v) is 3.13. The van der Waals surface area contributed by atoms with Crippen molar-refractivity contribution in [2.45, 2.75) is 32.2 Å². The van der Waals surface area contributed by atoms with Gasteiger partial charge in [-0.15, -0.1) is 12.4 Å². The van der Waals surface area contributed by atoms with Crippen LogP contribution in [0.2, 0.25) is 0 Å². The second kappa shape index (κ2) is 7.32. The molecule has 3 atom stereocenters. The van der Waals surface area contributed by atoms with Gasteiger partial charge in [0, 0.05) is 36.3 Å². The Hall–Kier alpha value is -1.59. The summed E-state index contributed by atoms with van der Waals surface area (Å²) >= 11 is 0. The third kappa shape index (κ3) is 3.85. The molecule has 6 heteroatoms. The highest BCUT2D eigenvalue weighted by Gasteiger charge is 2.39. The smallest absolute Gasteiger partial charge is 0.254 e. The van der Waals surface area contributed by atoms with Crippen LogP contribution in [0.15, 0.2) is 24.3 Å². The fourth-order valence-electron chi connectivity index (χ4n) is 3.13. The molecule has 3 unspecified atom stereocenters. The first-order chi connectivity index (χ1) is 10.6. The molecule has 2 aliphatic rings. The van der Waals surface area contributed by atoms with Gasteiger partial charge in [-0.05, 0) is 49.4 Å². The van der Waals surface area contributed by atoms with Gasteiger partial charge in [-0.2, -0.15) is 0 Å². The normalized spacial score (nSPS) is 25.7. The highest BCUT2D eigenvalue weighted by Crippen LogP contribution is 2.38. The Morgan fingerprint density at radius 3 is 2.52 bits per heavy atom. The average molecular weight is 338 g/mol. The molecule has 5 nitrogen and oxygen atoms in total. The summed E-state index contributed by atoms with van der Waals surface area (Å²) in [5, 5.41) is 2.91. The number of hydrogen-bond acceptors (Lipinski definition) is 3. The van der Waals surface area contributed by atoms with Crippen molar-refractivity contribution in [3.8, 4) is 0 Å². The summed E-state index contributed by atoms with van der Waals surface area (Å²) in [7, 11) is 0. The predicted molar refractivity (Wildman–Crippen MR) is 92.7 cm³/mol. The molecule has 23 heavy (non-hydrogen) atoms. The van der Waals surface area contributed by atoms with Crippen molar-refractivity contribution in [3.05, 3.63) is 29.8 Å². The van der Waals surface area contributed by atoms with Gasteiger partial charge in [0.1, 0.15) is 0 Å². The molecule has 1 saturated carbocycles. The molecule has 1 aliphatic heterocycles. The Labute approximate surface area is 143 Å². The fraction of sp³-hybridized carbons (Fsp3) is 0.529. The predicted octanol–water partition coefficient (Wildman–Crippen LogP) is 2.27. The zero-order valence-electron chi connectivity index (χ0n) is 13.3. The zero-order valence-corrected chi connectivity index (χ0v) is 14.1. The van der Waals surface area contributed by atoms with E-state index in [4.69, 9.17) is 5.73 Å². The maximum Gasteiger partial charge on any atom is 0.254 e. The standard InChI is InChI=1S/C17H23N3O2.ClH/c1-11-9-15(11)16(21)19-13-6-4-12(5-7-13)17(22)20-8-2-3-14(20)10-18;/h4-7,11,14-15H,2-3,8-10,18H2,1H3,(H,19,21);1H. The maximum absolute atomic E-state index is 12.5. The molecule has 1 heterocycles. The van der Waals surface area contributed by atoms with Gasteiger partial charge in [0.15, 0.2) is 0 Å². The van der Waals surface area contributed by atoms with Crippen LogP contribution in [0.5, 0.6) is 0 Å². The third-order valence-corrected chi connectivity index (χ3v) is 4.76. The molecule has 0 aromatic heterocycles. The lowest BCUT2D eigenvalue weighted by molar-refractivity contribution is -0.117. The number of likely N-dealkylation sites (tertiary alicyclic amines) is 1. The first kappa shape index (κ1) is 17.8. The van der Waals surface area contributed by atoms with Crippen molar-refractivity contribution < 1.29 is 9.59 Å². The van der Waals surface area contributed by atoms with E-state index in [1.165, 1.54) is 0 Å². The summed E-state index contributed by atoms with van der Waals surface area (Å²) in [5.74, 6) is 0.747. The van der Waals surface area contributed by atoms with Gasteiger partial charge >= 0.3 is 0 Å². The van der Waals surface area contributed by atoms with Gasteiger partial charge in [0.25, 0.3) is 5.91 Å². The largest absolute Gasteiger partial charge is 0.334 e. The minimum Gasteiger partial charge on any atom is -0.334 e. The average Bonchev–Trinajstić information content (AvgIpc) is 3.08. The van der Waals surface area contributed by atoms with Crippen LogP contribution in [0.4, 0.5) is 5.69 Å². The number of rotatable bonds is 4. The van der Waals surface area contributed by atoms with E-state index in [2.05, 4.69) is 12.2 Å². The van der Waals surface area contributed by atoms with Crippen LogP contribution in [0.1, 0.15) is 36.5 Å². The minimum absolute atomic E-state index is 0. The van der Waals surface area contributed by atoms with Gasteiger partial charge in [-0.3, -0.25) is 9.59 Å². The van der Waals surface area contributed by atoms with Crippen LogP contribution >= 0.6 is 12.4 Å². The van der Waals surface area contributed by atoms with Crippen molar-refractivity contribution >= 4 is 29.9 Å². The van der Waals surface area contributed by atoms with E-state index in [0.29, 0.717) is 18.0 Å². The molecule has 0 bridgehead atoms. The quantitative estimate of drug-likeness (QED) is 0.885. The zero-order chi connectivity index (χ0) is 15.7. The highest BCUT2D eigenvalue weighted by atomic mass is 35.5. The van der Waals surface area contributed by atoms with Crippen LogP contribution in [0.3, 0.4) is 0 Å². The van der Waals surface area contributed by atoms with Gasteiger partial charge in [0.05, 0.1) is 0 Å². The van der Waals surface area contributed by atoms with Gasteiger partial charge in [-0.1, -0.05) is 6.92 Å². The van der Waals surface area contributed by atoms with Crippen molar-refractivity contribution in [1.29, 1.82) is 0 Å². The van der Waals surface area contributed by atoms with Crippen LogP contribution in [0.25, 0.3) is 0 Å². The Kier molecular flexibility index (Phi) is 5.65. The third-order valence-electron chi connectivity index (χ3n) is 4.76. The van der Waals surface area contributed by atoms with Crippen molar-refractivity contribution in [2.24, 2.45) is 17.6 Å². The number of carbonyl (C=O) groups is 2. The van der Waals surface area contributed by atoms with Crippen LogP contribution in [-0.2, 0) is 4.79 Å². The molecule has 3 rings (SSSR count). The van der Waals surface area contributed by atoms with E-state index in [0.717, 1.165) is 31.5 Å². The number of nitrogens with two attached hydrogens (primary N) is 1. The number of nitrogens with zero attached hydrogens (tertiary/aromatic N) is 1. The Bertz CT molecular complexity index is 576. The number of benzene rings is 1. The molecule has 0 spiro atoms. The van der Waals surface area contributed by atoms with E-state index >= 15 is 0 Å². The van der Waals surface area contributed by atoms with Crippen LogP contribution < -0.4 is 11.1 Å². The lowest BCUT2D eigenvalue weighted by Gasteiger charge is -2.23. The van der Waals surface area contributed by atoms with E-state index in [1.807, 2.05) is 4.90 Å². The molecule has 1 aliphatic carbocycles. The molecular formula is C17H24ClN3O2. The molecule has 1 aromatic carbocycles. The second-order valence-corrected chi connectivity index (χ2v) is 6.42. The molecule has 2 fully saturated rings. The number of anilines is 1. The van der Waals surface area contributed by atoms with E-state index < -0.39 is 0 Å². The molecule has 126 valence electrons. The van der Waals surface area contributed by atoms with Gasteiger partial charge < -0.3 is 16.0 Å². The molecule has 3 N–H and O–H groups in total. The Morgan fingerprint density at radius 2 is 1.96 bits per heavy atom. The number of halogens is 1. The van der Waals surface area contributed by atoms with Crippen LogP contribution in [-0.4, -0.2) is 35.8 Å². The van der Waals surface area contributed by atoms with Gasteiger partial charge in [0.2, 0.25) is 5.91 Å². The Morgan fingerprint density at radius 1 is 1.30 bits per heavy atom. The van der Waals surface area contributed by atoms with Crippen molar-refractivity contribution in [2.75, 3.05) is 18.4 Å². The summed E-state index contributed by atoms with van der Waals surface area (Å²) < 4.78 is 0. The maximum atomic E-state index is 12.5. The summed E-state index contributed by atoms with van der Waals surface area (Å²) in [5.41, 5.74) is 7.12. The Balaban J connectivity index is 0.00000192. The van der Waals surface area contributed by atoms with Crippen LogP contribution in [0, 0.1) is 11.8 Å². The number of hydrogen-bond donors (Lipinski definition) is 2. The lowest BCUT2D eigenvalue weighted by atomic mass is 10.1. The second-order valence-electron chi connectivity index (χ2n) is 6.42. The molecular weight excluding hydrogens is 314 g/mol. The first-order valence-corrected chi connectivity index (χ1v) is 8.02. The summed E-state index contributed by atoms with van der Waals surface area (Å²) in [6, 6.07) is 7.31. The number of carbonyl (C=O) groups excluding carboxylic acids is 2. The van der Waals surface area contributed by atoms with Crippen molar-refractivity contribution in [1.82, 2.24) is 4.90 Å². The topological polar surface area (TPSA) is 75.4 Å². The number of amides is 2. The lowest BCUT2D eigenvalue weighted by Crippen LogP contribution is -2.39. The van der Waals surface area contributed by atoms with Crippen molar-refractivity contribution in [3.63, 3.8) is 0 Å². The van der Waals surface area contributed by atoms with Gasteiger partial charge in [-0.25, -0.2) is 0 Å². The van der Waals surface area contributed by atoms with E-state index in [-0.39, 0.29) is 36.2 Å². The molecule has 1 aromatic rings. The minimum atomic E-state index is 0. The highest BCUT2D eigenvalue weighted by molar-refractivity contribution is 5.97. The molecule has 1 saturated heterocycles. The summed E-state index contributed by atoms with van der Waals surface area (Å²) in [6.45, 7) is 3.37. The first-order valence-electron chi connectivity index (χ1n) is 8.02. The number of nitrogens with one attached hydrogen (secondary N) is 1. The van der Waals surface area contributed by atoms with E-state index in [9.17, 15) is 9.59 Å². The van der Waals surface area contributed by atoms with E-state index in [1.54, 1.807) is 24.3 Å². The monoisotopic (exact) mass is 337 g/mol. The summed E-state index contributed by atoms with van der Waals surface area (Å²) in [4.78, 5) is 26.2. The molecule has 2 amide bonds. The SMILES string of the molecule is CC1CC1C(=O)Nc1ccc(C(=O)N2CCCC2CN)cc1.Cl. The summed E-state index contributed by atoms with van der Waals surface area (Å²) in [6.07, 6.45) is 2.97.